The van der Waals surface area contributed by atoms with Crippen LogP contribution in [0.25, 0.3) is 11.4 Å². The maximum atomic E-state index is 13.4. The SMILES string of the molecule is CCCCOc1ccc(C2C(=C(O)c3c(C)nc4ccccn34)C(=O)C(=O)N2CCOC)cc1OCC. The van der Waals surface area contributed by atoms with E-state index >= 15 is 0 Å². The van der Waals surface area contributed by atoms with Crippen molar-refractivity contribution in [1.29, 1.82) is 0 Å². The zero-order valence-electron chi connectivity index (χ0n) is 21.7. The van der Waals surface area contributed by atoms with E-state index in [0.717, 1.165) is 12.8 Å². The Morgan fingerprint density at radius 1 is 1.08 bits per heavy atom. The summed E-state index contributed by atoms with van der Waals surface area (Å²) < 4.78 is 18.7. The molecule has 1 aliphatic rings. The number of rotatable bonds is 11. The van der Waals surface area contributed by atoms with Crippen molar-refractivity contribution in [3.05, 3.63) is 65.1 Å². The maximum absolute atomic E-state index is 13.4. The van der Waals surface area contributed by atoms with Gasteiger partial charge in [-0.05, 0) is 50.1 Å². The van der Waals surface area contributed by atoms with Gasteiger partial charge in [-0.1, -0.05) is 25.5 Å². The third kappa shape index (κ3) is 5.04. The second-order valence-electron chi connectivity index (χ2n) is 8.80. The van der Waals surface area contributed by atoms with E-state index in [0.29, 0.717) is 47.3 Å². The molecule has 1 aliphatic heterocycles. The summed E-state index contributed by atoms with van der Waals surface area (Å²) in [5.74, 6) is -0.632. The van der Waals surface area contributed by atoms with Crippen molar-refractivity contribution in [2.24, 2.45) is 0 Å². The van der Waals surface area contributed by atoms with Crippen LogP contribution in [0.1, 0.15) is 49.7 Å². The lowest BCUT2D eigenvalue weighted by Gasteiger charge is -2.26. The fourth-order valence-corrected chi connectivity index (χ4v) is 4.58. The highest BCUT2D eigenvalue weighted by Crippen LogP contribution is 2.42. The van der Waals surface area contributed by atoms with E-state index in [1.807, 2.05) is 25.1 Å². The standard InChI is InChI=1S/C28H33N3O6/c1-5-7-15-37-20-12-11-19(17-21(20)36-6-2)25-23(27(33)28(34)31(25)14-16-35-4)26(32)24-18(3)29-22-10-8-9-13-30(22)24/h8-13,17,25,32H,5-7,14-16H2,1-4H3. The number of nitrogens with zero attached hydrogens (tertiary/aromatic N) is 3. The van der Waals surface area contributed by atoms with Gasteiger partial charge in [0, 0.05) is 19.9 Å². The maximum Gasteiger partial charge on any atom is 0.295 e. The molecule has 37 heavy (non-hydrogen) atoms. The third-order valence-electron chi connectivity index (χ3n) is 6.34. The minimum atomic E-state index is -0.840. The Morgan fingerprint density at radius 3 is 2.62 bits per heavy atom. The van der Waals surface area contributed by atoms with E-state index in [-0.39, 0.29) is 24.5 Å². The van der Waals surface area contributed by atoms with Crippen LogP contribution < -0.4 is 9.47 Å². The number of methoxy groups -OCH3 is 1. The minimum Gasteiger partial charge on any atom is -0.505 e. The van der Waals surface area contributed by atoms with Gasteiger partial charge in [-0.3, -0.25) is 14.0 Å². The predicted molar refractivity (Wildman–Crippen MR) is 139 cm³/mol. The summed E-state index contributed by atoms with van der Waals surface area (Å²) in [6, 6.07) is 9.98. The average molecular weight is 508 g/mol. The molecule has 9 heteroatoms. The molecule has 4 rings (SSSR count). The Hall–Kier alpha value is -3.85. The monoisotopic (exact) mass is 507 g/mol. The molecule has 1 fully saturated rings. The van der Waals surface area contributed by atoms with Crippen molar-refractivity contribution >= 4 is 23.1 Å². The molecule has 1 aromatic carbocycles. The van der Waals surface area contributed by atoms with Gasteiger partial charge in [0.1, 0.15) is 11.3 Å². The molecule has 9 nitrogen and oxygen atoms in total. The van der Waals surface area contributed by atoms with Crippen LogP contribution in [0.15, 0.2) is 48.2 Å². The van der Waals surface area contributed by atoms with Crippen molar-refractivity contribution in [1.82, 2.24) is 14.3 Å². The Bertz CT molecular complexity index is 1330. The number of ether oxygens (including phenoxy) is 3. The summed E-state index contributed by atoms with van der Waals surface area (Å²) in [4.78, 5) is 32.5. The molecule has 1 unspecified atom stereocenters. The third-order valence-corrected chi connectivity index (χ3v) is 6.34. The zero-order valence-corrected chi connectivity index (χ0v) is 21.7. The number of Topliss-reactive ketones (excluding diaryl/α,β-unsaturated/α-hetero) is 1. The van der Waals surface area contributed by atoms with E-state index in [1.54, 1.807) is 35.7 Å². The average Bonchev–Trinajstić information content (AvgIpc) is 3.36. The number of imidazole rings is 1. The quantitative estimate of drug-likeness (QED) is 0.179. The number of fused-ring (bicyclic) bond motifs is 1. The van der Waals surface area contributed by atoms with Gasteiger partial charge in [-0.25, -0.2) is 4.98 Å². The van der Waals surface area contributed by atoms with Crippen molar-refractivity contribution < 1.29 is 28.9 Å². The number of ketones is 1. The van der Waals surface area contributed by atoms with Crippen molar-refractivity contribution in [3.8, 4) is 11.5 Å². The normalized spacial score (nSPS) is 17.1. The Morgan fingerprint density at radius 2 is 1.89 bits per heavy atom. The summed E-state index contributed by atoms with van der Waals surface area (Å²) in [6.07, 6.45) is 3.66. The predicted octanol–water partition coefficient (Wildman–Crippen LogP) is 4.29. The molecule has 2 aromatic heterocycles. The summed E-state index contributed by atoms with van der Waals surface area (Å²) in [5, 5.41) is 11.6. The number of carbonyl (C=O) groups excluding carboxylic acids is 2. The fourth-order valence-electron chi connectivity index (χ4n) is 4.58. The van der Waals surface area contributed by atoms with Gasteiger partial charge in [0.05, 0.1) is 37.1 Å². The van der Waals surface area contributed by atoms with Crippen LogP contribution in [-0.4, -0.2) is 64.6 Å². The van der Waals surface area contributed by atoms with Crippen LogP contribution in [0.2, 0.25) is 0 Å². The lowest BCUT2D eigenvalue weighted by atomic mass is 9.96. The highest BCUT2D eigenvalue weighted by atomic mass is 16.5. The highest BCUT2D eigenvalue weighted by Gasteiger charge is 2.46. The molecule has 1 saturated heterocycles. The molecule has 3 aromatic rings. The molecule has 0 bridgehead atoms. The number of unbranched alkanes of at least 4 members (excludes halogenated alkanes) is 1. The largest absolute Gasteiger partial charge is 0.505 e. The number of carbonyl (C=O) groups is 2. The van der Waals surface area contributed by atoms with Crippen LogP contribution in [0, 0.1) is 6.92 Å². The first-order valence-electron chi connectivity index (χ1n) is 12.5. The molecule has 196 valence electrons. The number of aliphatic hydroxyl groups is 1. The van der Waals surface area contributed by atoms with E-state index in [1.165, 1.54) is 12.0 Å². The molecule has 0 spiro atoms. The Kier molecular flexibility index (Phi) is 8.13. The van der Waals surface area contributed by atoms with Crippen molar-refractivity contribution in [3.63, 3.8) is 0 Å². The topological polar surface area (TPSA) is 103 Å². The lowest BCUT2D eigenvalue weighted by molar-refractivity contribution is -0.140. The molecular formula is C28H33N3O6. The highest BCUT2D eigenvalue weighted by molar-refractivity contribution is 6.46. The smallest absolute Gasteiger partial charge is 0.295 e. The molecular weight excluding hydrogens is 474 g/mol. The molecule has 0 aliphatic carbocycles. The number of hydrogen-bond donors (Lipinski definition) is 1. The molecule has 3 heterocycles. The van der Waals surface area contributed by atoms with Crippen LogP contribution in [0.5, 0.6) is 11.5 Å². The van der Waals surface area contributed by atoms with E-state index in [9.17, 15) is 14.7 Å². The van der Waals surface area contributed by atoms with Crippen LogP contribution in [0.3, 0.4) is 0 Å². The van der Waals surface area contributed by atoms with Gasteiger partial charge in [0.25, 0.3) is 11.7 Å². The molecule has 1 atom stereocenters. The van der Waals surface area contributed by atoms with Crippen LogP contribution >= 0.6 is 0 Å². The van der Waals surface area contributed by atoms with Crippen molar-refractivity contribution in [2.45, 2.75) is 39.7 Å². The number of pyridine rings is 1. The van der Waals surface area contributed by atoms with E-state index < -0.39 is 17.7 Å². The molecule has 0 radical (unpaired) electrons. The number of aromatic nitrogens is 2. The number of likely N-dealkylation sites (tertiary alicyclic amines) is 1. The number of aliphatic hydroxyl groups excluding tert-OH is 1. The second kappa shape index (κ2) is 11.5. The van der Waals surface area contributed by atoms with E-state index in [2.05, 4.69) is 11.9 Å². The zero-order chi connectivity index (χ0) is 26.5. The Labute approximate surface area is 216 Å². The summed E-state index contributed by atoms with van der Waals surface area (Å²) >= 11 is 0. The Balaban J connectivity index is 1.88. The molecule has 1 amide bonds. The number of aryl methyl sites for hydroxylation is 1. The van der Waals surface area contributed by atoms with Gasteiger partial charge >= 0.3 is 0 Å². The number of benzene rings is 1. The van der Waals surface area contributed by atoms with Gasteiger partial charge in [-0.2, -0.15) is 0 Å². The molecule has 1 N–H and O–H groups in total. The van der Waals surface area contributed by atoms with Gasteiger partial charge in [0.15, 0.2) is 17.3 Å². The summed E-state index contributed by atoms with van der Waals surface area (Å²) in [7, 11) is 1.53. The van der Waals surface area contributed by atoms with Gasteiger partial charge < -0.3 is 24.2 Å². The minimum absolute atomic E-state index is 0.00282. The van der Waals surface area contributed by atoms with Crippen LogP contribution in [-0.2, 0) is 14.3 Å². The van der Waals surface area contributed by atoms with Crippen LogP contribution in [0.4, 0.5) is 0 Å². The van der Waals surface area contributed by atoms with Gasteiger partial charge in [0.2, 0.25) is 0 Å². The first kappa shape index (κ1) is 26.2. The summed E-state index contributed by atoms with van der Waals surface area (Å²) in [5.41, 5.74) is 2.15. The lowest BCUT2D eigenvalue weighted by Crippen LogP contribution is -2.32. The summed E-state index contributed by atoms with van der Waals surface area (Å²) in [6.45, 7) is 7.09. The van der Waals surface area contributed by atoms with Gasteiger partial charge in [-0.15, -0.1) is 0 Å². The molecule has 0 saturated carbocycles. The number of hydrogen-bond acceptors (Lipinski definition) is 7. The van der Waals surface area contributed by atoms with Crippen molar-refractivity contribution in [2.75, 3.05) is 33.5 Å². The fraction of sp³-hybridized carbons (Fsp3) is 0.393. The van der Waals surface area contributed by atoms with E-state index in [4.69, 9.17) is 14.2 Å². The first-order chi connectivity index (χ1) is 17.9. The number of amides is 1. The first-order valence-corrected chi connectivity index (χ1v) is 12.5. The second-order valence-corrected chi connectivity index (χ2v) is 8.80.